The highest BCUT2D eigenvalue weighted by Gasteiger charge is 2.30. The van der Waals surface area contributed by atoms with Gasteiger partial charge in [0.05, 0.1) is 26.4 Å². The lowest BCUT2D eigenvalue weighted by Crippen LogP contribution is -2.30. The van der Waals surface area contributed by atoms with Crippen LogP contribution < -0.4 is 0 Å². The second-order valence-corrected chi connectivity index (χ2v) is 34.0. The van der Waals surface area contributed by atoms with Gasteiger partial charge in [0.2, 0.25) is 0 Å². The van der Waals surface area contributed by atoms with E-state index < -0.39 is 97.5 Å². The summed E-state index contributed by atoms with van der Waals surface area (Å²) < 4.78 is 68.7. The minimum atomic E-state index is -4.96. The fraction of sp³-hybridized carbons (Fsp3) is 0.953. The highest BCUT2D eigenvalue weighted by molar-refractivity contribution is 7.47. The van der Waals surface area contributed by atoms with Crippen LogP contribution in [-0.2, 0) is 65.4 Å². The Balaban J connectivity index is 5.16. The number of ether oxygens (including phenoxy) is 4. The Bertz CT molecular complexity index is 1980. The van der Waals surface area contributed by atoms with Gasteiger partial charge >= 0.3 is 39.5 Å². The highest BCUT2D eigenvalue weighted by Crippen LogP contribution is 2.45. The molecule has 618 valence electrons. The van der Waals surface area contributed by atoms with Crippen LogP contribution in [0.15, 0.2) is 0 Å². The molecule has 0 radical (unpaired) electrons. The molecule has 0 spiro atoms. The van der Waals surface area contributed by atoms with Crippen molar-refractivity contribution in [3.05, 3.63) is 0 Å². The number of rotatable bonds is 85. The largest absolute Gasteiger partial charge is 0.472 e. The lowest BCUT2D eigenvalue weighted by atomic mass is 10.0. The molecule has 0 aliphatic rings. The van der Waals surface area contributed by atoms with Gasteiger partial charge in [-0.3, -0.25) is 37.3 Å². The van der Waals surface area contributed by atoms with Crippen molar-refractivity contribution in [1.82, 2.24) is 0 Å². The van der Waals surface area contributed by atoms with Gasteiger partial charge in [0.25, 0.3) is 0 Å². The van der Waals surface area contributed by atoms with E-state index in [9.17, 15) is 43.2 Å². The SMILES string of the molecule is CCCCCCCCCCCCCCCCCCCCCCCC(=O)O[C@H](COC(=O)CCCCCCCCCCCCCCCCCC(C)C)COP(=O)(O)OC[C@@H](O)COP(=O)(O)OC[C@@H](COC(=O)CCCCCCCCC)OC(=O)CCCCCCCCCCCCCCCCCCCC. The Morgan fingerprint density at radius 3 is 0.654 bits per heavy atom. The standard InChI is InChI=1S/C85H166O17P2/c1-6-9-12-15-18-20-22-24-26-28-30-31-32-34-38-43-47-51-56-61-66-71-85(90)102-81(75-96-83(88)69-64-59-54-49-45-41-39-35-36-40-44-48-53-57-62-67-78(4)5)77-100-104(93,94)98-73-79(86)72-97-103(91,92)99-76-80(74-95-82(87)68-63-58-52-17-14-11-8-3)101-84(89)70-65-60-55-50-46-42-37-33-29-27-25-23-21-19-16-13-10-7-2/h78-81,86H,6-77H2,1-5H3,(H,91,92)(H,93,94)/t79-,80+,81+/m0/s1. The molecule has 0 aliphatic carbocycles. The van der Waals surface area contributed by atoms with Crippen LogP contribution in [0.3, 0.4) is 0 Å². The number of hydrogen-bond donors (Lipinski definition) is 3. The van der Waals surface area contributed by atoms with E-state index in [0.29, 0.717) is 25.7 Å². The number of aliphatic hydroxyl groups is 1. The fourth-order valence-corrected chi connectivity index (χ4v) is 14.9. The predicted octanol–water partition coefficient (Wildman–Crippen LogP) is 26.0. The van der Waals surface area contributed by atoms with Gasteiger partial charge in [-0.2, -0.15) is 0 Å². The molecule has 5 atom stereocenters. The molecule has 0 rings (SSSR count). The monoisotopic (exact) mass is 1520 g/mol. The van der Waals surface area contributed by atoms with Crippen molar-refractivity contribution in [2.24, 2.45) is 5.92 Å². The van der Waals surface area contributed by atoms with Crippen molar-refractivity contribution in [2.75, 3.05) is 39.6 Å². The first-order chi connectivity index (χ1) is 50.5. The van der Waals surface area contributed by atoms with Crippen LogP contribution in [0.1, 0.15) is 458 Å². The van der Waals surface area contributed by atoms with E-state index in [4.69, 9.17) is 37.0 Å². The van der Waals surface area contributed by atoms with Crippen LogP contribution in [0.4, 0.5) is 0 Å². The molecule has 0 aromatic carbocycles. The molecule has 0 amide bonds. The number of phosphoric ester groups is 2. The van der Waals surface area contributed by atoms with Crippen molar-refractivity contribution in [2.45, 2.75) is 477 Å². The summed E-state index contributed by atoms with van der Waals surface area (Å²) >= 11 is 0. The van der Waals surface area contributed by atoms with Crippen molar-refractivity contribution >= 4 is 39.5 Å². The number of hydrogen-bond acceptors (Lipinski definition) is 15. The zero-order valence-electron chi connectivity index (χ0n) is 68.2. The molecular formula is C85H166O17P2. The first-order valence-electron chi connectivity index (χ1n) is 44.1. The van der Waals surface area contributed by atoms with Crippen molar-refractivity contribution in [3.8, 4) is 0 Å². The number of aliphatic hydroxyl groups excluding tert-OH is 1. The Kier molecular flexibility index (Phi) is 76.3. The van der Waals surface area contributed by atoms with E-state index in [1.165, 1.54) is 270 Å². The van der Waals surface area contributed by atoms with E-state index >= 15 is 0 Å². The smallest absolute Gasteiger partial charge is 0.462 e. The lowest BCUT2D eigenvalue weighted by molar-refractivity contribution is -0.161. The summed E-state index contributed by atoms with van der Waals surface area (Å²) in [5.74, 6) is -1.30. The van der Waals surface area contributed by atoms with Crippen molar-refractivity contribution in [3.63, 3.8) is 0 Å². The molecule has 17 nitrogen and oxygen atoms in total. The molecule has 0 saturated carbocycles. The molecule has 0 saturated heterocycles. The van der Waals surface area contributed by atoms with Crippen LogP contribution in [0, 0.1) is 5.92 Å². The summed E-state index contributed by atoms with van der Waals surface area (Å²) in [5, 5.41) is 10.6. The van der Waals surface area contributed by atoms with E-state index in [0.717, 1.165) is 109 Å². The normalized spacial score (nSPS) is 13.8. The Labute approximate surface area is 638 Å². The second-order valence-electron chi connectivity index (χ2n) is 31.1. The Morgan fingerprint density at radius 1 is 0.260 bits per heavy atom. The third kappa shape index (κ3) is 78.2. The average Bonchev–Trinajstić information content (AvgIpc) is 0.919. The molecule has 19 heteroatoms. The summed E-state index contributed by atoms with van der Waals surface area (Å²) in [6.07, 6.45) is 71.1. The van der Waals surface area contributed by atoms with Gasteiger partial charge in [-0.05, 0) is 31.6 Å². The molecule has 0 fully saturated rings. The van der Waals surface area contributed by atoms with Crippen LogP contribution in [-0.4, -0.2) is 96.7 Å². The minimum Gasteiger partial charge on any atom is -0.462 e. The average molecular weight is 1520 g/mol. The predicted molar refractivity (Wildman–Crippen MR) is 428 cm³/mol. The molecule has 0 aromatic rings. The van der Waals surface area contributed by atoms with E-state index in [1.807, 2.05) is 0 Å². The third-order valence-electron chi connectivity index (χ3n) is 20.0. The van der Waals surface area contributed by atoms with Crippen LogP contribution in [0.2, 0.25) is 0 Å². The van der Waals surface area contributed by atoms with Crippen molar-refractivity contribution < 1.29 is 80.2 Å². The summed E-state index contributed by atoms with van der Waals surface area (Å²) in [6.45, 7) is 7.34. The van der Waals surface area contributed by atoms with Gasteiger partial charge in [-0.15, -0.1) is 0 Å². The van der Waals surface area contributed by atoms with Crippen molar-refractivity contribution in [1.29, 1.82) is 0 Å². The maximum Gasteiger partial charge on any atom is 0.472 e. The Morgan fingerprint density at radius 2 is 0.442 bits per heavy atom. The first-order valence-corrected chi connectivity index (χ1v) is 47.1. The molecule has 3 N–H and O–H groups in total. The number of phosphoric acid groups is 2. The molecule has 0 aromatic heterocycles. The summed E-state index contributed by atoms with van der Waals surface area (Å²) in [4.78, 5) is 73.0. The summed E-state index contributed by atoms with van der Waals surface area (Å²) in [7, 11) is -9.92. The fourth-order valence-electron chi connectivity index (χ4n) is 13.3. The summed E-state index contributed by atoms with van der Waals surface area (Å²) in [5.41, 5.74) is 0. The molecule has 0 bridgehead atoms. The van der Waals surface area contributed by atoms with Gasteiger partial charge in [-0.25, -0.2) is 9.13 Å². The maximum atomic E-state index is 13.1. The van der Waals surface area contributed by atoms with E-state index in [2.05, 4.69) is 34.6 Å². The highest BCUT2D eigenvalue weighted by atomic mass is 31.2. The topological polar surface area (TPSA) is 237 Å². The number of carbonyl (C=O) groups excluding carboxylic acids is 4. The molecule has 0 aliphatic heterocycles. The first kappa shape index (κ1) is 102. The van der Waals surface area contributed by atoms with Crippen LogP contribution in [0.25, 0.3) is 0 Å². The number of esters is 4. The third-order valence-corrected chi connectivity index (χ3v) is 21.9. The lowest BCUT2D eigenvalue weighted by Gasteiger charge is -2.21. The van der Waals surface area contributed by atoms with Gasteiger partial charge in [-0.1, -0.05) is 407 Å². The van der Waals surface area contributed by atoms with Gasteiger partial charge in [0.1, 0.15) is 19.3 Å². The van der Waals surface area contributed by atoms with Gasteiger partial charge in [0.15, 0.2) is 12.2 Å². The van der Waals surface area contributed by atoms with Gasteiger partial charge in [0, 0.05) is 25.7 Å². The van der Waals surface area contributed by atoms with E-state index in [1.54, 1.807) is 0 Å². The molecule has 104 heavy (non-hydrogen) atoms. The number of unbranched alkanes of at least 4 members (excludes halogenated alkanes) is 57. The molecule has 2 unspecified atom stereocenters. The van der Waals surface area contributed by atoms with Gasteiger partial charge < -0.3 is 33.8 Å². The van der Waals surface area contributed by atoms with Crippen LogP contribution in [0.5, 0.6) is 0 Å². The molecule has 0 heterocycles. The zero-order valence-corrected chi connectivity index (χ0v) is 70.0. The quantitative estimate of drug-likeness (QED) is 0.0222. The molecular weight excluding hydrogens is 1350 g/mol. The van der Waals surface area contributed by atoms with E-state index in [-0.39, 0.29) is 25.7 Å². The van der Waals surface area contributed by atoms with Crippen LogP contribution >= 0.6 is 15.6 Å². The maximum absolute atomic E-state index is 13.1. The summed E-state index contributed by atoms with van der Waals surface area (Å²) in [6, 6.07) is 0. The Hall–Kier alpha value is -1.94. The zero-order chi connectivity index (χ0) is 76.2. The second kappa shape index (κ2) is 77.8. The minimum absolute atomic E-state index is 0.109. The number of carbonyl (C=O) groups is 4.